The Labute approximate surface area is 107 Å². The maximum Gasteiger partial charge on any atom is 0.0590 e. The maximum atomic E-state index is 2.61. The van der Waals surface area contributed by atoms with Crippen LogP contribution in [0.25, 0.3) is 0 Å². The van der Waals surface area contributed by atoms with Crippen LogP contribution in [-0.2, 0) is 0 Å². The summed E-state index contributed by atoms with van der Waals surface area (Å²) < 4.78 is 1.17. The van der Waals surface area contributed by atoms with Crippen LogP contribution in [-0.4, -0.2) is 32.0 Å². The predicted molar refractivity (Wildman–Crippen MR) is 75.4 cm³/mol. The van der Waals surface area contributed by atoms with Crippen LogP contribution in [0.3, 0.4) is 0 Å². The fraction of sp³-hybridized carbons (Fsp3) is 1.00. The van der Waals surface area contributed by atoms with Gasteiger partial charge in [-0.1, -0.05) is 36.4 Å². The Balaban J connectivity index is 2.53. The third kappa shape index (κ3) is 3.89. The van der Waals surface area contributed by atoms with Crippen molar-refractivity contribution in [1.82, 2.24) is 4.90 Å². The molecule has 0 aromatic heterocycles. The van der Waals surface area contributed by atoms with Gasteiger partial charge in [-0.05, 0) is 38.5 Å². The lowest BCUT2D eigenvalue weighted by molar-refractivity contribution is 0.201. The van der Waals surface area contributed by atoms with Crippen LogP contribution < -0.4 is 0 Å². The van der Waals surface area contributed by atoms with Crippen LogP contribution in [0.5, 0.6) is 0 Å². The molecule has 0 spiro atoms. The van der Waals surface area contributed by atoms with Crippen molar-refractivity contribution in [1.29, 1.82) is 0 Å². The molecule has 1 heterocycles. The molecule has 0 bridgehead atoms. The summed E-state index contributed by atoms with van der Waals surface area (Å²) in [6.45, 7) is 11.9. The number of halogens is 1. The number of alkyl halides is 1. The van der Waals surface area contributed by atoms with Gasteiger partial charge in [0.25, 0.3) is 0 Å². The highest BCUT2D eigenvalue weighted by Gasteiger charge is 2.33. The summed E-state index contributed by atoms with van der Waals surface area (Å²) in [6, 6.07) is 0. The van der Waals surface area contributed by atoms with E-state index in [0.29, 0.717) is 8.80 Å². The van der Waals surface area contributed by atoms with Crippen LogP contribution >= 0.6 is 34.4 Å². The van der Waals surface area contributed by atoms with E-state index in [-0.39, 0.29) is 0 Å². The van der Waals surface area contributed by atoms with E-state index in [1.54, 1.807) is 0 Å². The van der Waals surface area contributed by atoms with Gasteiger partial charge in [-0.15, -0.1) is 0 Å². The minimum absolute atomic E-state index is 0.492. The fourth-order valence-corrected chi connectivity index (χ4v) is 4.33. The molecule has 1 saturated heterocycles. The highest BCUT2D eigenvalue weighted by Crippen LogP contribution is 2.37. The zero-order valence-corrected chi connectivity index (χ0v) is 12.7. The van der Waals surface area contributed by atoms with E-state index in [4.69, 9.17) is 0 Å². The standard InChI is InChI=1S/C11H22INS/c1-9(2)14-11(4)6-5-7-13(8-11)10(3)12/h9-10H,5-8H2,1-4H3. The molecule has 0 aromatic carbocycles. The Hall–Kier alpha value is 1.04. The molecule has 0 aliphatic carbocycles. The first-order valence-corrected chi connectivity index (χ1v) is 7.61. The van der Waals surface area contributed by atoms with Crippen molar-refractivity contribution in [2.75, 3.05) is 13.1 Å². The lowest BCUT2D eigenvalue weighted by Gasteiger charge is -2.42. The average molecular weight is 327 g/mol. The molecule has 1 rings (SSSR count). The summed E-state index contributed by atoms with van der Waals surface area (Å²) in [5.41, 5.74) is 0. The van der Waals surface area contributed by atoms with E-state index in [0.717, 1.165) is 5.25 Å². The third-order valence-electron chi connectivity index (χ3n) is 2.71. The lowest BCUT2D eigenvalue weighted by Crippen LogP contribution is -2.46. The van der Waals surface area contributed by atoms with Gasteiger partial charge in [0.15, 0.2) is 0 Å². The van der Waals surface area contributed by atoms with Gasteiger partial charge in [0.05, 0.1) is 4.05 Å². The van der Waals surface area contributed by atoms with E-state index in [9.17, 15) is 0 Å². The van der Waals surface area contributed by atoms with Crippen molar-refractivity contribution in [3.63, 3.8) is 0 Å². The molecule has 1 aliphatic rings. The first-order valence-electron chi connectivity index (χ1n) is 5.49. The molecule has 0 radical (unpaired) electrons. The molecule has 0 aromatic rings. The number of hydrogen-bond acceptors (Lipinski definition) is 2. The van der Waals surface area contributed by atoms with Crippen molar-refractivity contribution in [3.05, 3.63) is 0 Å². The predicted octanol–water partition coefficient (Wildman–Crippen LogP) is 3.76. The van der Waals surface area contributed by atoms with Gasteiger partial charge < -0.3 is 0 Å². The maximum absolute atomic E-state index is 2.61. The first-order chi connectivity index (χ1) is 6.43. The molecule has 3 heteroatoms. The lowest BCUT2D eigenvalue weighted by atomic mass is 9.99. The molecule has 1 fully saturated rings. The summed E-state index contributed by atoms with van der Waals surface area (Å²) in [4.78, 5) is 2.61. The molecule has 14 heavy (non-hydrogen) atoms. The molecule has 0 N–H and O–H groups in total. The van der Waals surface area contributed by atoms with Crippen molar-refractivity contribution in [2.24, 2.45) is 0 Å². The molecule has 2 unspecified atom stereocenters. The second-order valence-electron chi connectivity index (χ2n) is 4.76. The number of rotatable bonds is 3. The second-order valence-corrected chi connectivity index (χ2v) is 8.73. The van der Waals surface area contributed by atoms with Crippen LogP contribution in [0.1, 0.15) is 40.5 Å². The summed E-state index contributed by atoms with van der Waals surface area (Å²) in [5.74, 6) is 0. The molecular weight excluding hydrogens is 305 g/mol. The van der Waals surface area contributed by atoms with Crippen molar-refractivity contribution >= 4 is 34.4 Å². The zero-order chi connectivity index (χ0) is 10.8. The van der Waals surface area contributed by atoms with Gasteiger partial charge in [-0.25, -0.2) is 0 Å². The number of hydrogen-bond donors (Lipinski definition) is 0. The Kier molecular flexibility index (Phi) is 5.05. The van der Waals surface area contributed by atoms with Gasteiger partial charge in [-0.3, -0.25) is 4.90 Å². The zero-order valence-electron chi connectivity index (χ0n) is 9.72. The quantitative estimate of drug-likeness (QED) is 0.441. The van der Waals surface area contributed by atoms with E-state index >= 15 is 0 Å². The number of likely N-dealkylation sites (tertiary alicyclic amines) is 1. The Morgan fingerprint density at radius 2 is 2.00 bits per heavy atom. The van der Waals surface area contributed by atoms with E-state index in [2.05, 4.69) is 66.9 Å². The van der Waals surface area contributed by atoms with Crippen molar-refractivity contribution in [3.8, 4) is 0 Å². The molecule has 1 aliphatic heterocycles. The summed E-state index contributed by atoms with van der Waals surface area (Å²) in [6.07, 6.45) is 2.75. The Bertz CT molecular complexity index is 184. The van der Waals surface area contributed by atoms with Crippen LogP contribution in [0.4, 0.5) is 0 Å². The molecule has 0 amide bonds. The highest BCUT2D eigenvalue weighted by atomic mass is 127. The number of nitrogens with zero attached hydrogens (tertiary/aromatic N) is 1. The topological polar surface area (TPSA) is 3.24 Å². The van der Waals surface area contributed by atoms with E-state index in [1.165, 1.54) is 25.9 Å². The average Bonchev–Trinajstić information content (AvgIpc) is 2.01. The number of piperidine rings is 1. The minimum atomic E-state index is 0.492. The highest BCUT2D eigenvalue weighted by molar-refractivity contribution is 14.1. The normalized spacial score (nSPS) is 32.1. The second kappa shape index (κ2) is 5.39. The monoisotopic (exact) mass is 327 g/mol. The van der Waals surface area contributed by atoms with E-state index in [1.807, 2.05) is 0 Å². The fourth-order valence-electron chi connectivity index (χ4n) is 2.21. The Morgan fingerprint density at radius 3 is 2.50 bits per heavy atom. The molecule has 0 saturated carbocycles. The smallest absolute Gasteiger partial charge is 0.0590 e. The summed E-state index contributed by atoms with van der Waals surface area (Å²) >= 11 is 4.68. The van der Waals surface area contributed by atoms with Gasteiger partial charge >= 0.3 is 0 Å². The van der Waals surface area contributed by atoms with Crippen LogP contribution in [0.15, 0.2) is 0 Å². The molecule has 2 atom stereocenters. The Morgan fingerprint density at radius 1 is 1.36 bits per heavy atom. The molecular formula is C11H22INS. The van der Waals surface area contributed by atoms with Gasteiger partial charge in [-0.2, -0.15) is 11.8 Å². The van der Waals surface area contributed by atoms with Crippen LogP contribution in [0, 0.1) is 0 Å². The molecule has 1 nitrogen and oxygen atoms in total. The summed E-state index contributed by atoms with van der Waals surface area (Å²) in [7, 11) is 0. The first kappa shape index (κ1) is 13.1. The molecule has 84 valence electrons. The van der Waals surface area contributed by atoms with Gasteiger partial charge in [0.2, 0.25) is 0 Å². The third-order valence-corrected chi connectivity index (χ3v) is 4.87. The van der Waals surface area contributed by atoms with Gasteiger partial charge in [0.1, 0.15) is 0 Å². The summed E-state index contributed by atoms with van der Waals surface area (Å²) in [5, 5.41) is 0.754. The van der Waals surface area contributed by atoms with Crippen LogP contribution in [0.2, 0.25) is 0 Å². The number of thioether (sulfide) groups is 1. The minimum Gasteiger partial charge on any atom is -0.290 e. The van der Waals surface area contributed by atoms with Gasteiger partial charge in [0, 0.05) is 11.3 Å². The van der Waals surface area contributed by atoms with Crippen molar-refractivity contribution in [2.45, 2.75) is 54.6 Å². The van der Waals surface area contributed by atoms with E-state index < -0.39 is 0 Å². The van der Waals surface area contributed by atoms with Crippen molar-refractivity contribution < 1.29 is 0 Å². The SMILES string of the molecule is CC(C)SC1(C)CCCN(C(C)I)C1. The largest absolute Gasteiger partial charge is 0.290 e.